The number of nitrogens with zero attached hydrogens (tertiary/aromatic N) is 3. The van der Waals surface area contributed by atoms with Crippen LogP contribution < -0.4 is 5.56 Å². The van der Waals surface area contributed by atoms with E-state index in [9.17, 15) is 14.0 Å². The van der Waals surface area contributed by atoms with Crippen molar-refractivity contribution in [1.82, 2.24) is 14.5 Å². The minimum absolute atomic E-state index is 0.0556. The van der Waals surface area contributed by atoms with Crippen molar-refractivity contribution in [2.45, 2.75) is 65.8 Å². The summed E-state index contributed by atoms with van der Waals surface area (Å²) in [7, 11) is 0. The Morgan fingerprint density at radius 3 is 2.53 bits per heavy atom. The molecule has 0 fully saturated rings. The zero-order chi connectivity index (χ0) is 24.8. The highest BCUT2D eigenvalue weighted by atomic mass is 35.5. The molecule has 34 heavy (non-hydrogen) atoms. The molecule has 0 bridgehead atoms. The van der Waals surface area contributed by atoms with Crippen LogP contribution in [0.5, 0.6) is 0 Å². The molecule has 1 heterocycles. The van der Waals surface area contributed by atoms with Gasteiger partial charge in [-0.2, -0.15) is 0 Å². The first kappa shape index (κ1) is 25.9. The van der Waals surface area contributed by atoms with Gasteiger partial charge >= 0.3 is 0 Å². The van der Waals surface area contributed by atoms with Crippen molar-refractivity contribution in [3.8, 4) is 5.69 Å². The molecule has 0 saturated carbocycles. The topological polar surface area (TPSA) is 55.2 Å². The zero-order valence-electron chi connectivity index (χ0n) is 20.4. The Morgan fingerprint density at radius 1 is 1.15 bits per heavy atom. The number of carbonyl (C=O) groups is 1. The fourth-order valence-electron chi connectivity index (χ4n) is 4.26. The van der Waals surface area contributed by atoms with E-state index in [1.165, 1.54) is 22.8 Å². The molecule has 0 aliphatic rings. The maximum absolute atomic E-state index is 13.9. The number of unbranched alkanes of at least 4 members (excludes halogenated alkanes) is 2. The molecule has 0 spiro atoms. The quantitative estimate of drug-likeness (QED) is 0.300. The molecule has 182 valence electrons. The minimum atomic E-state index is -0.562. The number of para-hydroxylation sites is 1. The van der Waals surface area contributed by atoms with Crippen molar-refractivity contribution in [3.05, 3.63) is 69.5 Å². The number of aromatic nitrogens is 2. The summed E-state index contributed by atoms with van der Waals surface area (Å²) in [6.07, 6.45) is 3.88. The lowest BCUT2D eigenvalue weighted by molar-refractivity contribution is -0.134. The van der Waals surface area contributed by atoms with Gasteiger partial charge in [-0.25, -0.2) is 9.37 Å². The van der Waals surface area contributed by atoms with Crippen LogP contribution >= 0.6 is 11.6 Å². The van der Waals surface area contributed by atoms with Gasteiger partial charge in [0.15, 0.2) is 0 Å². The number of fused-ring (bicyclic) bond motifs is 1. The molecule has 0 radical (unpaired) electrons. The maximum atomic E-state index is 13.9. The molecule has 1 unspecified atom stereocenters. The second-order valence-electron chi connectivity index (χ2n) is 9.05. The summed E-state index contributed by atoms with van der Waals surface area (Å²) < 4.78 is 15.4. The van der Waals surface area contributed by atoms with Crippen LogP contribution in [0.3, 0.4) is 0 Å². The van der Waals surface area contributed by atoms with Gasteiger partial charge in [-0.1, -0.05) is 64.3 Å². The smallest absolute Gasteiger partial charge is 0.266 e. The fourth-order valence-corrected chi connectivity index (χ4v) is 4.43. The number of rotatable bonds is 10. The lowest BCUT2D eigenvalue weighted by atomic mass is 10.1. The first-order valence-electron chi connectivity index (χ1n) is 12.0. The lowest BCUT2D eigenvalue weighted by Gasteiger charge is -2.33. The summed E-state index contributed by atoms with van der Waals surface area (Å²) in [5, 5.41) is 0.373. The van der Waals surface area contributed by atoms with Gasteiger partial charge in [0.05, 0.1) is 27.7 Å². The first-order valence-corrected chi connectivity index (χ1v) is 12.4. The Balaban J connectivity index is 2.23. The number of amides is 1. The minimum Gasteiger partial charge on any atom is -0.332 e. The molecule has 2 aromatic carbocycles. The highest BCUT2D eigenvalue weighted by molar-refractivity contribution is 6.30. The predicted octanol–water partition coefficient (Wildman–Crippen LogP) is 6.69. The summed E-state index contributed by atoms with van der Waals surface area (Å²) in [6, 6.07) is 10.9. The van der Waals surface area contributed by atoms with E-state index in [2.05, 4.69) is 20.8 Å². The molecular weight excluding hydrogens is 453 g/mol. The van der Waals surface area contributed by atoms with Crippen molar-refractivity contribution in [2.75, 3.05) is 6.54 Å². The summed E-state index contributed by atoms with van der Waals surface area (Å²) in [5.41, 5.74) is 0.712. The molecule has 0 saturated heterocycles. The molecule has 0 aliphatic heterocycles. The molecular formula is C27H33ClFN3O2. The van der Waals surface area contributed by atoms with Crippen molar-refractivity contribution in [3.63, 3.8) is 0 Å². The van der Waals surface area contributed by atoms with E-state index in [1.54, 1.807) is 18.2 Å². The Bertz CT molecular complexity index is 1210. The number of carbonyl (C=O) groups excluding carboxylic acids is 1. The monoisotopic (exact) mass is 485 g/mol. The Hall–Kier alpha value is -2.73. The first-order chi connectivity index (χ1) is 16.3. The predicted molar refractivity (Wildman–Crippen MR) is 136 cm³/mol. The second-order valence-corrected chi connectivity index (χ2v) is 9.45. The number of halogens is 2. The molecule has 5 nitrogen and oxygen atoms in total. The van der Waals surface area contributed by atoms with Crippen LogP contribution in [0.15, 0.2) is 47.3 Å². The van der Waals surface area contributed by atoms with E-state index >= 15 is 0 Å². The van der Waals surface area contributed by atoms with Gasteiger partial charge in [0.2, 0.25) is 5.91 Å². The zero-order valence-corrected chi connectivity index (χ0v) is 21.1. The van der Waals surface area contributed by atoms with Gasteiger partial charge in [0, 0.05) is 13.0 Å². The fraction of sp³-hybridized carbons (Fsp3) is 0.444. The van der Waals surface area contributed by atoms with E-state index in [4.69, 9.17) is 16.6 Å². The van der Waals surface area contributed by atoms with Gasteiger partial charge in [0.25, 0.3) is 5.56 Å². The third-order valence-corrected chi connectivity index (χ3v) is 6.19. The van der Waals surface area contributed by atoms with Gasteiger partial charge in [-0.15, -0.1) is 0 Å². The van der Waals surface area contributed by atoms with Crippen molar-refractivity contribution in [1.29, 1.82) is 0 Å². The molecule has 1 aromatic heterocycles. The molecule has 0 N–H and O–H groups in total. The third kappa shape index (κ3) is 5.66. The van der Waals surface area contributed by atoms with Gasteiger partial charge in [-0.3, -0.25) is 14.2 Å². The van der Waals surface area contributed by atoms with Crippen molar-refractivity contribution < 1.29 is 9.18 Å². The van der Waals surface area contributed by atoms with Crippen molar-refractivity contribution >= 4 is 28.4 Å². The number of hydrogen-bond acceptors (Lipinski definition) is 3. The average Bonchev–Trinajstić information content (AvgIpc) is 2.81. The molecule has 3 rings (SSSR count). The summed E-state index contributed by atoms with van der Waals surface area (Å²) in [4.78, 5) is 33.8. The maximum Gasteiger partial charge on any atom is 0.266 e. The SMILES string of the molecule is CCCCCC(=O)N(CC(C)C)C(CC)c1nc2ccccc2c(=O)n1-c1ccc(F)c(Cl)c1. The molecule has 1 atom stereocenters. The van der Waals surface area contributed by atoms with E-state index in [1.807, 2.05) is 17.9 Å². The van der Waals surface area contributed by atoms with Crippen molar-refractivity contribution in [2.24, 2.45) is 5.92 Å². The Kier molecular flexibility index (Phi) is 8.84. The highest BCUT2D eigenvalue weighted by Crippen LogP contribution is 2.29. The van der Waals surface area contributed by atoms with Crippen LogP contribution in [0.4, 0.5) is 4.39 Å². The van der Waals surface area contributed by atoms with Crippen LogP contribution in [-0.2, 0) is 4.79 Å². The van der Waals surface area contributed by atoms with E-state index in [-0.39, 0.29) is 22.4 Å². The summed E-state index contributed by atoms with van der Waals surface area (Å²) in [6.45, 7) is 8.78. The molecule has 3 aromatic rings. The van der Waals surface area contributed by atoms with Crippen LogP contribution in [0.1, 0.15) is 71.7 Å². The lowest BCUT2D eigenvalue weighted by Crippen LogP contribution is -2.40. The van der Waals surface area contributed by atoms with Crippen LogP contribution in [-0.4, -0.2) is 26.9 Å². The molecule has 7 heteroatoms. The van der Waals surface area contributed by atoms with Gasteiger partial charge in [-0.05, 0) is 49.1 Å². The van der Waals surface area contributed by atoms with Crippen LogP contribution in [0.25, 0.3) is 16.6 Å². The van der Waals surface area contributed by atoms with E-state index < -0.39 is 11.9 Å². The Labute approximate surface area is 205 Å². The molecule has 1 amide bonds. The number of benzene rings is 2. The Morgan fingerprint density at radius 2 is 1.88 bits per heavy atom. The summed E-state index contributed by atoms with van der Waals surface area (Å²) >= 11 is 6.08. The highest BCUT2D eigenvalue weighted by Gasteiger charge is 2.29. The van der Waals surface area contributed by atoms with Crippen LogP contribution in [0, 0.1) is 11.7 Å². The standard InChI is InChI=1S/C27H33ClFN3O2/c1-5-7-8-13-25(33)31(17-18(3)4)24(6-2)26-30-23-12-10-9-11-20(23)27(34)32(26)19-14-15-22(29)21(28)16-19/h9-12,14-16,18,24H,5-8,13,17H2,1-4H3. The third-order valence-electron chi connectivity index (χ3n) is 5.90. The second kappa shape index (κ2) is 11.6. The number of hydrogen-bond donors (Lipinski definition) is 0. The average molecular weight is 486 g/mol. The normalized spacial score (nSPS) is 12.3. The van der Waals surface area contributed by atoms with E-state index in [0.29, 0.717) is 41.8 Å². The summed E-state index contributed by atoms with van der Waals surface area (Å²) in [5.74, 6) is 0.192. The van der Waals surface area contributed by atoms with Gasteiger partial charge < -0.3 is 4.90 Å². The van der Waals surface area contributed by atoms with E-state index in [0.717, 1.165) is 19.3 Å². The molecule has 0 aliphatic carbocycles. The largest absolute Gasteiger partial charge is 0.332 e. The van der Waals surface area contributed by atoms with Gasteiger partial charge in [0.1, 0.15) is 11.6 Å². The van der Waals surface area contributed by atoms with Crippen LogP contribution in [0.2, 0.25) is 5.02 Å².